The molecule has 0 aliphatic carbocycles. The summed E-state index contributed by atoms with van der Waals surface area (Å²) in [6.45, 7) is -1.07. The van der Waals surface area contributed by atoms with E-state index in [2.05, 4.69) is 0 Å². The largest absolute Gasteiger partial charge is 0.336 e. The van der Waals surface area contributed by atoms with E-state index in [0.29, 0.717) is 13.7 Å². The second-order valence-electron chi connectivity index (χ2n) is 4.62. The van der Waals surface area contributed by atoms with Crippen LogP contribution < -0.4 is 17.1 Å². The predicted molar refractivity (Wildman–Crippen MR) is 85.7 cm³/mol. The minimum Gasteiger partial charge on any atom is -0.281 e. The molecule has 0 aliphatic heterocycles. The fraction of sp³-hybridized carbons (Fsp3) is 0.500. The second kappa shape index (κ2) is 8.95. The third-order valence-electron chi connectivity index (χ3n) is 2.98. The number of carbonyl (C=O) groups excluding carboxylic acids is 3. The molecular formula is C12H12Cl3N3O6. The molecule has 1 aromatic rings. The monoisotopic (exact) mass is 399 g/mol. The smallest absolute Gasteiger partial charge is 0.281 e. The molecule has 0 saturated carbocycles. The fourth-order valence-corrected chi connectivity index (χ4v) is 2.11. The van der Waals surface area contributed by atoms with Crippen LogP contribution in [0.15, 0.2) is 14.4 Å². The summed E-state index contributed by atoms with van der Waals surface area (Å²) in [7, 11) is 0. The second-order valence-corrected chi connectivity index (χ2v) is 5.88. The Bertz CT molecular complexity index is 698. The third-order valence-corrected chi connectivity index (χ3v) is 3.55. The number of nitrogens with zero attached hydrogens (tertiary/aromatic N) is 3. The Kier molecular flexibility index (Phi) is 7.59. The Balaban J connectivity index is 3.45. The number of hydrogen-bond acceptors (Lipinski definition) is 6. The first-order valence-corrected chi connectivity index (χ1v) is 7.78. The number of halogens is 3. The Morgan fingerprint density at radius 1 is 0.583 bits per heavy atom. The van der Waals surface area contributed by atoms with Gasteiger partial charge < -0.3 is 0 Å². The molecule has 0 fully saturated rings. The zero-order valence-electron chi connectivity index (χ0n) is 12.2. The van der Waals surface area contributed by atoms with Crippen LogP contribution in [-0.4, -0.2) is 29.4 Å². The van der Waals surface area contributed by atoms with Crippen molar-refractivity contribution < 1.29 is 14.4 Å². The molecule has 0 aliphatic rings. The van der Waals surface area contributed by atoms with Gasteiger partial charge in [0.1, 0.15) is 0 Å². The third kappa shape index (κ3) is 5.43. The van der Waals surface area contributed by atoms with Crippen molar-refractivity contribution in [1.82, 2.24) is 13.7 Å². The average Bonchev–Trinajstić information content (AvgIpc) is 2.45. The van der Waals surface area contributed by atoms with Crippen molar-refractivity contribution in [3.8, 4) is 0 Å². The van der Waals surface area contributed by atoms with Crippen LogP contribution in [-0.2, 0) is 34.0 Å². The normalized spacial score (nSPS) is 10.6. The van der Waals surface area contributed by atoms with Crippen LogP contribution in [0.3, 0.4) is 0 Å². The van der Waals surface area contributed by atoms with Crippen molar-refractivity contribution in [2.24, 2.45) is 0 Å². The lowest BCUT2D eigenvalue weighted by atomic mass is 10.4. The first-order valence-electron chi connectivity index (χ1n) is 6.64. The Labute approximate surface area is 149 Å². The summed E-state index contributed by atoms with van der Waals surface area (Å²) in [6, 6.07) is 0. The van der Waals surface area contributed by atoms with E-state index in [1.807, 2.05) is 0 Å². The standard InChI is InChI=1S/C12H12Cl3N3O6/c13-7(19)1-4-16-10(22)17(5-2-8(14)20)12(24)18(11(16)23)6-3-9(15)21/h1-6H2. The summed E-state index contributed by atoms with van der Waals surface area (Å²) in [5.74, 6) is 0. The molecule has 9 nitrogen and oxygen atoms in total. The van der Waals surface area contributed by atoms with E-state index < -0.39 is 32.8 Å². The van der Waals surface area contributed by atoms with Gasteiger partial charge in [-0.2, -0.15) is 0 Å². The molecule has 0 atom stereocenters. The number of carbonyl (C=O) groups is 3. The zero-order valence-corrected chi connectivity index (χ0v) is 14.4. The van der Waals surface area contributed by atoms with Crippen LogP contribution >= 0.6 is 34.8 Å². The molecule has 1 aromatic heterocycles. The average molecular weight is 401 g/mol. The van der Waals surface area contributed by atoms with Crippen molar-refractivity contribution in [3.63, 3.8) is 0 Å². The summed E-state index contributed by atoms with van der Waals surface area (Å²) >= 11 is 15.6. The summed E-state index contributed by atoms with van der Waals surface area (Å²) < 4.78 is 1.87. The van der Waals surface area contributed by atoms with E-state index in [0.717, 1.165) is 0 Å². The molecule has 0 unspecified atom stereocenters. The minimum absolute atomic E-state index is 0.322. The first kappa shape index (κ1) is 20.3. The van der Waals surface area contributed by atoms with Gasteiger partial charge in [-0.1, -0.05) is 0 Å². The Morgan fingerprint density at radius 3 is 0.958 bits per heavy atom. The SMILES string of the molecule is O=C(Cl)CCn1c(=O)n(CCC(=O)Cl)c(=O)n(CCC(=O)Cl)c1=O. The highest BCUT2D eigenvalue weighted by molar-refractivity contribution is 6.64. The van der Waals surface area contributed by atoms with Crippen LogP contribution in [0, 0.1) is 0 Å². The molecule has 132 valence electrons. The van der Waals surface area contributed by atoms with Gasteiger partial charge in [-0.25, -0.2) is 28.1 Å². The molecule has 1 heterocycles. The maximum absolute atomic E-state index is 12.2. The van der Waals surface area contributed by atoms with E-state index in [4.69, 9.17) is 34.8 Å². The fourth-order valence-electron chi connectivity index (χ4n) is 1.86. The van der Waals surface area contributed by atoms with Crippen LogP contribution in [0.2, 0.25) is 0 Å². The molecule has 0 N–H and O–H groups in total. The predicted octanol–water partition coefficient (Wildman–Crippen LogP) is -0.362. The van der Waals surface area contributed by atoms with Gasteiger partial charge in [0.2, 0.25) is 15.7 Å². The van der Waals surface area contributed by atoms with Crippen LogP contribution in [0.5, 0.6) is 0 Å². The first-order chi connectivity index (χ1) is 11.1. The van der Waals surface area contributed by atoms with Gasteiger partial charge in [-0.3, -0.25) is 14.4 Å². The lowest BCUT2D eigenvalue weighted by Crippen LogP contribution is -2.54. The van der Waals surface area contributed by atoms with Crippen molar-refractivity contribution in [3.05, 3.63) is 31.5 Å². The van der Waals surface area contributed by atoms with E-state index in [1.54, 1.807) is 0 Å². The van der Waals surface area contributed by atoms with E-state index in [1.165, 1.54) is 0 Å². The molecular weight excluding hydrogens is 389 g/mol. The Morgan fingerprint density at radius 2 is 0.792 bits per heavy atom. The lowest BCUT2D eigenvalue weighted by Gasteiger charge is -2.12. The quantitative estimate of drug-likeness (QED) is 0.522. The molecule has 12 heteroatoms. The van der Waals surface area contributed by atoms with Crippen molar-refractivity contribution in [1.29, 1.82) is 0 Å². The van der Waals surface area contributed by atoms with Gasteiger partial charge in [0.15, 0.2) is 0 Å². The molecule has 0 aromatic carbocycles. The number of hydrogen-bond donors (Lipinski definition) is 0. The Hall–Kier alpha value is -1.71. The highest BCUT2D eigenvalue weighted by atomic mass is 35.5. The van der Waals surface area contributed by atoms with Gasteiger partial charge in [0.05, 0.1) is 0 Å². The number of rotatable bonds is 9. The maximum atomic E-state index is 12.2. The maximum Gasteiger partial charge on any atom is 0.336 e. The van der Waals surface area contributed by atoms with Gasteiger partial charge in [0.25, 0.3) is 0 Å². The van der Waals surface area contributed by atoms with E-state index >= 15 is 0 Å². The molecule has 0 bridgehead atoms. The zero-order chi connectivity index (χ0) is 18.4. The highest BCUT2D eigenvalue weighted by Crippen LogP contribution is 1.94. The van der Waals surface area contributed by atoms with E-state index in [9.17, 15) is 28.8 Å². The van der Waals surface area contributed by atoms with Crippen molar-refractivity contribution in [2.75, 3.05) is 0 Å². The summed E-state index contributed by atoms with van der Waals surface area (Å²) in [4.78, 5) is 69.3. The van der Waals surface area contributed by atoms with Crippen molar-refractivity contribution >= 4 is 50.5 Å². The molecule has 0 radical (unpaired) electrons. The highest BCUT2D eigenvalue weighted by Gasteiger charge is 2.17. The molecule has 1 rings (SSSR count). The molecule has 0 amide bonds. The van der Waals surface area contributed by atoms with Gasteiger partial charge >= 0.3 is 17.1 Å². The van der Waals surface area contributed by atoms with Gasteiger partial charge in [-0.15, -0.1) is 0 Å². The molecule has 24 heavy (non-hydrogen) atoms. The van der Waals surface area contributed by atoms with E-state index in [-0.39, 0.29) is 38.9 Å². The van der Waals surface area contributed by atoms with Crippen LogP contribution in [0.1, 0.15) is 19.3 Å². The lowest BCUT2D eigenvalue weighted by molar-refractivity contribution is -0.112. The summed E-state index contributed by atoms with van der Waals surface area (Å²) in [5, 5.41) is -2.34. The van der Waals surface area contributed by atoms with Gasteiger partial charge in [0, 0.05) is 38.9 Å². The topological polar surface area (TPSA) is 117 Å². The van der Waals surface area contributed by atoms with Crippen LogP contribution in [0.25, 0.3) is 0 Å². The van der Waals surface area contributed by atoms with Crippen LogP contribution in [0.4, 0.5) is 0 Å². The molecule has 0 saturated heterocycles. The minimum atomic E-state index is -1.01. The summed E-state index contributed by atoms with van der Waals surface area (Å²) in [6.07, 6.45) is -0.965. The van der Waals surface area contributed by atoms with Crippen molar-refractivity contribution in [2.45, 2.75) is 38.9 Å². The molecule has 0 spiro atoms. The van der Waals surface area contributed by atoms with Gasteiger partial charge in [-0.05, 0) is 34.8 Å². The summed E-state index contributed by atoms with van der Waals surface area (Å²) in [5.41, 5.74) is -3.02. The number of aromatic nitrogens is 3.